The molecule has 0 aliphatic rings. The lowest BCUT2D eigenvalue weighted by molar-refractivity contribution is 0.685. The molecular weight excluding hydrogens is 268 g/mol. The second-order valence-electron chi connectivity index (χ2n) is 5.79. The third-order valence-electron chi connectivity index (χ3n) is 4.07. The molecule has 0 saturated heterocycles. The van der Waals surface area contributed by atoms with Crippen LogP contribution in [0.25, 0.3) is 22.5 Å². The molecular formula is C20H22N2. The largest absolute Gasteiger partial charge is 0.331 e. The smallest absolute Gasteiger partial charge is 0.139 e. The monoisotopic (exact) mass is 290 g/mol. The highest BCUT2D eigenvalue weighted by Gasteiger charge is 2.09. The molecule has 2 nitrogen and oxygen atoms in total. The van der Waals surface area contributed by atoms with Crippen LogP contribution in [0.15, 0.2) is 54.9 Å². The fourth-order valence-electron chi connectivity index (χ4n) is 3.07. The molecule has 0 N–H and O–H groups in total. The Hall–Kier alpha value is -2.35. The van der Waals surface area contributed by atoms with Gasteiger partial charge in [-0.3, -0.25) is 0 Å². The molecule has 0 amide bonds. The molecule has 0 unspecified atom stereocenters. The first-order valence-electron chi connectivity index (χ1n) is 7.89. The van der Waals surface area contributed by atoms with Crippen molar-refractivity contribution in [1.82, 2.24) is 9.55 Å². The fraction of sp³-hybridized carbons (Fsp3) is 0.250. The maximum atomic E-state index is 4.55. The Bertz CT molecular complexity index is 764. The summed E-state index contributed by atoms with van der Waals surface area (Å²) < 4.78 is 2.23. The van der Waals surface area contributed by atoms with Crippen LogP contribution in [-0.4, -0.2) is 9.55 Å². The Morgan fingerprint density at radius 3 is 2.36 bits per heavy atom. The van der Waals surface area contributed by atoms with Gasteiger partial charge in [0.25, 0.3) is 0 Å². The lowest BCUT2D eigenvalue weighted by atomic mass is 9.94. The van der Waals surface area contributed by atoms with Crippen LogP contribution in [0.1, 0.15) is 24.5 Å². The van der Waals surface area contributed by atoms with E-state index in [0.717, 1.165) is 18.8 Å². The summed E-state index contributed by atoms with van der Waals surface area (Å²) in [7, 11) is 0. The number of benzene rings is 2. The molecule has 1 heterocycles. The third-order valence-corrected chi connectivity index (χ3v) is 4.07. The molecule has 0 bridgehead atoms. The highest BCUT2D eigenvalue weighted by molar-refractivity contribution is 5.75. The maximum absolute atomic E-state index is 4.55. The normalized spacial score (nSPS) is 10.9. The van der Waals surface area contributed by atoms with Crippen molar-refractivity contribution in [1.29, 1.82) is 0 Å². The molecule has 2 heteroatoms. The Balaban J connectivity index is 2.09. The van der Waals surface area contributed by atoms with E-state index in [9.17, 15) is 0 Å². The molecule has 3 rings (SSSR count). The quantitative estimate of drug-likeness (QED) is 0.642. The highest BCUT2D eigenvalue weighted by atomic mass is 15.1. The zero-order valence-electron chi connectivity index (χ0n) is 13.5. The number of hydrogen-bond acceptors (Lipinski definition) is 1. The molecule has 0 radical (unpaired) electrons. The average molecular weight is 290 g/mol. The summed E-state index contributed by atoms with van der Waals surface area (Å²) in [6, 6.07) is 15.2. The minimum absolute atomic E-state index is 1.00. The molecule has 0 spiro atoms. The number of aryl methyl sites for hydroxylation is 3. The van der Waals surface area contributed by atoms with E-state index in [1.807, 2.05) is 6.20 Å². The van der Waals surface area contributed by atoms with E-state index in [0.29, 0.717) is 0 Å². The molecule has 0 fully saturated rings. The van der Waals surface area contributed by atoms with Crippen molar-refractivity contribution < 1.29 is 0 Å². The number of hydrogen-bond donors (Lipinski definition) is 0. The van der Waals surface area contributed by atoms with Crippen molar-refractivity contribution in [2.75, 3.05) is 0 Å². The van der Waals surface area contributed by atoms with Crippen LogP contribution in [0.5, 0.6) is 0 Å². The molecule has 22 heavy (non-hydrogen) atoms. The van der Waals surface area contributed by atoms with Crippen molar-refractivity contribution >= 4 is 0 Å². The summed E-state index contributed by atoms with van der Waals surface area (Å²) in [6.45, 7) is 7.54. The average Bonchev–Trinajstić information content (AvgIpc) is 2.96. The second-order valence-corrected chi connectivity index (χ2v) is 5.79. The Labute approximate surface area is 132 Å². The lowest BCUT2D eigenvalue weighted by Gasteiger charge is -2.12. The van der Waals surface area contributed by atoms with Gasteiger partial charge in [-0.25, -0.2) is 4.98 Å². The Kier molecular flexibility index (Phi) is 4.10. The zero-order chi connectivity index (χ0) is 15.5. The first-order valence-corrected chi connectivity index (χ1v) is 7.89. The SMILES string of the molecule is CCCn1ccnc1-c1cccc(-c2c(C)cccc2C)c1. The maximum Gasteiger partial charge on any atom is 0.139 e. The van der Waals surface area contributed by atoms with Crippen LogP contribution in [0.3, 0.4) is 0 Å². The molecule has 2 aromatic carbocycles. The minimum atomic E-state index is 1.00. The lowest BCUT2D eigenvalue weighted by Crippen LogP contribution is -1.98. The van der Waals surface area contributed by atoms with Gasteiger partial charge in [-0.05, 0) is 48.6 Å². The van der Waals surface area contributed by atoms with Gasteiger partial charge in [0.05, 0.1) is 0 Å². The van der Waals surface area contributed by atoms with Crippen LogP contribution < -0.4 is 0 Å². The molecule has 0 aliphatic carbocycles. The van der Waals surface area contributed by atoms with E-state index in [2.05, 4.69) is 79.0 Å². The van der Waals surface area contributed by atoms with Crippen molar-refractivity contribution in [2.45, 2.75) is 33.7 Å². The fourth-order valence-corrected chi connectivity index (χ4v) is 3.07. The van der Waals surface area contributed by atoms with E-state index in [-0.39, 0.29) is 0 Å². The van der Waals surface area contributed by atoms with Crippen molar-refractivity contribution in [3.8, 4) is 22.5 Å². The molecule has 3 aromatic rings. The van der Waals surface area contributed by atoms with Crippen LogP contribution >= 0.6 is 0 Å². The number of imidazole rings is 1. The highest BCUT2D eigenvalue weighted by Crippen LogP contribution is 2.30. The van der Waals surface area contributed by atoms with Gasteiger partial charge in [-0.15, -0.1) is 0 Å². The van der Waals surface area contributed by atoms with Gasteiger partial charge in [0.15, 0.2) is 0 Å². The molecule has 0 atom stereocenters. The van der Waals surface area contributed by atoms with E-state index in [1.165, 1.54) is 27.8 Å². The van der Waals surface area contributed by atoms with Gasteiger partial charge < -0.3 is 4.57 Å². The standard InChI is InChI=1S/C20H22N2/c1-4-12-22-13-11-21-20(22)18-10-6-9-17(14-18)19-15(2)7-5-8-16(19)3/h5-11,13-14H,4,12H2,1-3H3. The number of rotatable bonds is 4. The van der Waals surface area contributed by atoms with E-state index < -0.39 is 0 Å². The predicted molar refractivity (Wildman–Crippen MR) is 92.9 cm³/mol. The van der Waals surface area contributed by atoms with Gasteiger partial charge in [0.2, 0.25) is 0 Å². The topological polar surface area (TPSA) is 17.8 Å². The second kappa shape index (κ2) is 6.18. The zero-order valence-corrected chi connectivity index (χ0v) is 13.5. The van der Waals surface area contributed by atoms with Gasteiger partial charge in [-0.2, -0.15) is 0 Å². The summed E-state index contributed by atoms with van der Waals surface area (Å²) in [5.41, 5.74) is 6.40. The molecule has 1 aromatic heterocycles. The van der Waals surface area contributed by atoms with Crippen molar-refractivity contribution in [3.05, 3.63) is 66.0 Å². The summed E-state index contributed by atoms with van der Waals surface area (Å²) in [4.78, 5) is 4.55. The summed E-state index contributed by atoms with van der Waals surface area (Å²) in [6.07, 6.45) is 5.06. The summed E-state index contributed by atoms with van der Waals surface area (Å²) >= 11 is 0. The van der Waals surface area contributed by atoms with Crippen LogP contribution in [0.2, 0.25) is 0 Å². The number of aromatic nitrogens is 2. The van der Waals surface area contributed by atoms with Crippen LogP contribution in [-0.2, 0) is 6.54 Å². The minimum Gasteiger partial charge on any atom is -0.331 e. The van der Waals surface area contributed by atoms with Gasteiger partial charge in [0, 0.05) is 24.5 Å². The van der Waals surface area contributed by atoms with E-state index in [1.54, 1.807) is 0 Å². The third kappa shape index (κ3) is 2.69. The molecule has 0 saturated carbocycles. The van der Waals surface area contributed by atoms with E-state index in [4.69, 9.17) is 0 Å². The Morgan fingerprint density at radius 1 is 0.955 bits per heavy atom. The van der Waals surface area contributed by atoms with Crippen molar-refractivity contribution in [2.24, 2.45) is 0 Å². The summed E-state index contributed by atoms with van der Waals surface area (Å²) in [5.74, 6) is 1.05. The van der Waals surface area contributed by atoms with Gasteiger partial charge in [0.1, 0.15) is 5.82 Å². The van der Waals surface area contributed by atoms with E-state index >= 15 is 0 Å². The first kappa shape index (κ1) is 14.6. The predicted octanol–water partition coefficient (Wildman–Crippen LogP) is 5.24. The van der Waals surface area contributed by atoms with Crippen molar-refractivity contribution in [3.63, 3.8) is 0 Å². The van der Waals surface area contributed by atoms with Gasteiger partial charge in [-0.1, -0.05) is 43.3 Å². The molecule has 112 valence electrons. The van der Waals surface area contributed by atoms with Crippen LogP contribution in [0.4, 0.5) is 0 Å². The summed E-state index contributed by atoms with van der Waals surface area (Å²) in [5, 5.41) is 0. The Morgan fingerprint density at radius 2 is 1.64 bits per heavy atom. The number of nitrogens with zero attached hydrogens (tertiary/aromatic N) is 2. The van der Waals surface area contributed by atoms with Gasteiger partial charge >= 0.3 is 0 Å². The molecule has 0 aliphatic heterocycles. The van der Waals surface area contributed by atoms with Crippen LogP contribution in [0, 0.1) is 13.8 Å². The first-order chi connectivity index (χ1) is 10.7.